The quantitative estimate of drug-likeness (QED) is 0.300. The van der Waals surface area contributed by atoms with Gasteiger partial charge in [-0.25, -0.2) is 0 Å². The lowest BCUT2D eigenvalue weighted by Gasteiger charge is -2.15. The summed E-state index contributed by atoms with van der Waals surface area (Å²) in [5.74, 6) is 1.88. The number of aromatic nitrogens is 3. The van der Waals surface area contributed by atoms with Gasteiger partial charge in [0, 0.05) is 10.6 Å². The van der Waals surface area contributed by atoms with Crippen molar-refractivity contribution in [3.63, 3.8) is 0 Å². The maximum atomic E-state index is 11.3. The molecular formula is C21H24N4O3S. The van der Waals surface area contributed by atoms with E-state index in [4.69, 9.17) is 4.74 Å². The Hall–Kier alpha value is -2.87. The van der Waals surface area contributed by atoms with Gasteiger partial charge in [-0.3, -0.25) is 14.7 Å². The zero-order valence-electron chi connectivity index (χ0n) is 16.9. The number of hydrogen-bond acceptors (Lipinski definition) is 6. The van der Waals surface area contributed by atoms with Crippen LogP contribution in [0.4, 0.5) is 0 Å². The number of nitro groups is 1. The van der Waals surface area contributed by atoms with Gasteiger partial charge in [0.05, 0.1) is 7.11 Å². The third-order valence-electron chi connectivity index (χ3n) is 4.66. The maximum Gasteiger partial charge on any atom is 0.220 e. The van der Waals surface area contributed by atoms with E-state index in [1.807, 2.05) is 60.0 Å². The van der Waals surface area contributed by atoms with E-state index in [1.165, 1.54) is 17.3 Å². The summed E-state index contributed by atoms with van der Waals surface area (Å²) >= 11 is 1.35. The summed E-state index contributed by atoms with van der Waals surface area (Å²) in [7, 11) is 1.62. The monoisotopic (exact) mass is 412 g/mol. The predicted octanol–water partition coefficient (Wildman–Crippen LogP) is 4.82. The highest BCUT2D eigenvalue weighted by Crippen LogP contribution is 2.36. The lowest BCUT2D eigenvalue weighted by molar-refractivity contribution is -0.479. The Balaban J connectivity index is 1.93. The fourth-order valence-corrected chi connectivity index (χ4v) is 4.19. The van der Waals surface area contributed by atoms with Crippen molar-refractivity contribution >= 4 is 11.8 Å². The SMILES string of the molecule is COc1ccc(-n2c(C)nnc2S[C@@H](C[N+](=O)[O-])c2ccc(C(C)C)cc2)cc1. The second kappa shape index (κ2) is 9.09. The van der Waals surface area contributed by atoms with Gasteiger partial charge in [0.25, 0.3) is 0 Å². The average molecular weight is 413 g/mol. The molecule has 0 aliphatic heterocycles. The number of benzene rings is 2. The van der Waals surface area contributed by atoms with Crippen LogP contribution in [0.15, 0.2) is 53.7 Å². The summed E-state index contributed by atoms with van der Waals surface area (Å²) in [6.07, 6.45) is 0. The first-order valence-corrected chi connectivity index (χ1v) is 10.2. The molecule has 0 bridgehead atoms. The van der Waals surface area contributed by atoms with Gasteiger partial charge in [-0.2, -0.15) is 0 Å². The largest absolute Gasteiger partial charge is 0.497 e. The molecule has 3 aromatic rings. The summed E-state index contributed by atoms with van der Waals surface area (Å²) in [5.41, 5.74) is 2.99. The summed E-state index contributed by atoms with van der Waals surface area (Å²) in [4.78, 5) is 11.0. The Kier molecular flexibility index (Phi) is 6.53. The number of nitrogens with zero attached hydrogens (tertiary/aromatic N) is 4. The smallest absolute Gasteiger partial charge is 0.220 e. The summed E-state index contributed by atoms with van der Waals surface area (Å²) in [6.45, 7) is 5.91. The van der Waals surface area contributed by atoms with Gasteiger partial charge in [-0.15, -0.1) is 10.2 Å². The van der Waals surface area contributed by atoms with Crippen LogP contribution in [0.5, 0.6) is 5.75 Å². The molecule has 0 unspecified atom stereocenters. The molecule has 0 radical (unpaired) electrons. The maximum absolute atomic E-state index is 11.3. The Bertz CT molecular complexity index is 969. The van der Waals surface area contributed by atoms with Crippen molar-refractivity contribution < 1.29 is 9.66 Å². The molecule has 1 atom stereocenters. The number of rotatable bonds is 8. The van der Waals surface area contributed by atoms with Gasteiger partial charge in [0.1, 0.15) is 16.8 Å². The lowest BCUT2D eigenvalue weighted by Crippen LogP contribution is -2.11. The van der Waals surface area contributed by atoms with Crippen molar-refractivity contribution in [2.45, 2.75) is 37.1 Å². The molecule has 8 heteroatoms. The zero-order chi connectivity index (χ0) is 21.0. The fraction of sp³-hybridized carbons (Fsp3) is 0.333. The van der Waals surface area contributed by atoms with E-state index in [0.29, 0.717) is 16.9 Å². The third kappa shape index (κ3) is 4.95. The Labute approximate surface area is 174 Å². The van der Waals surface area contributed by atoms with Gasteiger partial charge < -0.3 is 4.74 Å². The van der Waals surface area contributed by atoms with E-state index < -0.39 is 0 Å². The molecule has 1 heterocycles. The minimum atomic E-state index is -0.369. The van der Waals surface area contributed by atoms with Gasteiger partial charge in [0.15, 0.2) is 5.16 Å². The van der Waals surface area contributed by atoms with E-state index in [9.17, 15) is 10.1 Å². The Morgan fingerprint density at radius 3 is 2.24 bits per heavy atom. The van der Waals surface area contributed by atoms with Crippen LogP contribution in [-0.2, 0) is 0 Å². The molecule has 0 spiro atoms. The van der Waals surface area contributed by atoms with Crippen LogP contribution in [0.3, 0.4) is 0 Å². The second-order valence-electron chi connectivity index (χ2n) is 7.01. The molecule has 0 fully saturated rings. The van der Waals surface area contributed by atoms with Crippen LogP contribution in [-0.4, -0.2) is 33.3 Å². The van der Waals surface area contributed by atoms with Crippen molar-refractivity contribution in [1.29, 1.82) is 0 Å². The molecule has 2 aromatic carbocycles. The van der Waals surface area contributed by atoms with Crippen LogP contribution >= 0.6 is 11.8 Å². The average Bonchev–Trinajstić information content (AvgIpc) is 3.07. The van der Waals surface area contributed by atoms with Gasteiger partial charge >= 0.3 is 0 Å². The highest BCUT2D eigenvalue weighted by atomic mass is 32.2. The minimum absolute atomic E-state index is 0.194. The van der Waals surface area contributed by atoms with E-state index in [-0.39, 0.29) is 16.7 Å². The van der Waals surface area contributed by atoms with Crippen molar-refractivity contribution in [1.82, 2.24) is 14.8 Å². The number of methoxy groups -OCH3 is 1. The lowest BCUT2D eigenvalue weighted by atomic mass is 10.0. The standard InChI is InChI=1S/C21H24N4O3S/c1-14(2)16-5-7-17(8-6-16)20(13-24(26)27)29-21-23-22-15(3)25(21)18-9-11-19(28-4)12-10-18/h5-12,14,20H,13H2,1-4H3/t20-/m0/s1. The molecule has 0 saturated carbocycles. The number of thioether (sulfide) groups is 1. The molecule has 0 amide bonds. The summed E-state index contributed by atoms with van der Waals surface area (Å²) in [6, 6.07) is 15.6. The van der Waals surface area contributed by atoms with Crippen molar-refractivity contribution in [2.24, 2.45) is 0 Å². The fourth-order valence-electron chi connectivity index (χ4n) is 3.02. The molecule has 7 nitrogen and oxygen atoms in total. The van der Waals surface area contributed by atoms with Gasteiger partial charge in [-0.1, -0.05) is 49.9 Å². The molecule has 0 aliphatic rings. The Morgan fingerprint density at radius 2 is 1.69 bits per heavy atom. The van der Waals surface area contributed by atoms with E-state index in [1.54, 1.807) is 7.11 Å². The van der Waals surface area contributed by atoms with Crippen LogP contribution in [0, 0.1) is 17.0 Å². The number of aryl methyl sites for hydroxylation is 1. The molecule has 3 rings (SSSR count). The Morgan fingerprint density at radius 1 is 1.07 bits per heavy atom. The molecule has 0 saturated heterocycles. The highest BCUT2D eigenvalue weighted by Gasteiger charge is 2.24. The van der Waals surface area contributed by atoms with E-state index >= 15 is 0 Å². The van der Waals surface area contributed by atoms with Crippen molar-refractivity contribution in [2.75, 3.05) is 13.7 Å². The topological polar surface area (TPSA) is 83.1 Å². The van der Waals surface area contributed by atoms with Crippen molar-refractivity contribution in [3.05, 3.63) is 75.6 Å². The van der Waals surface area contributed by atoms with Crippen LogP contribution in [0.2, 0.25) is 0 Å². The van der Waals surface area contributed by atoms with Crippen LogP contribution in [0.1, 0.15) is 42.0 Å². The molecule has 152 valence electrons. The number of ether oxygens (including phenoxy) is 1. The van der Waals surface area contributed by atoms with E-state index in [2.05, 4.69) is 24.0 Å². The second-order valence-corrected chi connectivity index (χ2v) is 8.18. The zero-order valence-corrected chi connectivity index (χ0v) is 17.7. The van der Waals surface area contributed by atoms with E-state index in [0.717, 1.165) is 17.0 Å². The third-order valence-corrected chi connectivity index (χ3v) is 5.84. The molecule has 29 heavy (non-hydrogen) atoms. The van der Waals surface area contributed by atoms with Crippen molar-refractivity contribution in [3.8, 4) is 11.4 Å². The number of hydrogen-bond donors (Lipinski definition) is 0. The van der Waals surface area contributed by atoms with Crippen LogP contribution in [0.25, 0.3) is 5.69 Å². The van der Waals surface area contributed by atoms with Gasteiger partial charge in [-0.05, 0) is 48.2 Å². The normalized spacial score (nSPS) is 12.2. The first-order chi connectivity index (χ1) is 13.9. The van der Waals surface area contributed by atoms with Crippen LogP contribution < -0.4 is 4.74 Å². The molecular weight excluding hydrogens is 388 g/mol. The van der Waals surface area contributed by atoms with Gasteiger partial charge in [0.2, 0.25) is 6.54 Å². The summed E-state index contributed by atoms with van der Waals surface area (Å²) < 4.78 is 7.12. The minimum Gasteiger partial charge on any atom is -0.497 e. The molecule has 1 aromatic heterocycles. The predicted molar refractivity (Wildman–Crippen MR) is 114 cm³/mol. The first-order valence-electron chi connectivity index (χ1n) is 9.33. The molecule has 0 N–H and O–H groups in total. The first kappa shape index (κ1) is 20.9. The summed E-state index contributed by atoms with van der Waals surface area (Å²) in [5, 5.41) is 20.0. The molecule has 0 aliphatic carbocycles. The highest BCUT2D eigenvalue weighted by molar-refractivity contribution is 7.99.